The monoisotopic (exact) mass is 308 g/mol. The number of aryl methyl sites for hydroxylation is 1. The first kappa shape index (κ1) is 16.5. The van der Waals surface area contributed by atoms with Crippen molar-refractivity contribution in [3.63, 3.8) is 0 Å². The van der Waals surface area contributed by atoms with Crippen molar-refractivity contribution < 1.29 is 14.6 Å². The van der Waals surface area contributed by atoms with Crippen LogP contribution in [0.3, 0.4) is 0 Å². The molecule has 2 N–H and O–H groups in total. The van der Waals surface area contributed by atoms with Gasteiger partial charge in [0.05, 0.1) is 16.8 Å². The fraction of sp³-hybridized carbons (Fsp3) is 0.438. The molecule has 1 aromatic carbocycles. The van der Waals surface area contributed by atoms with Crippen LogP contribution >= 0.6 is 0 Å². The van der Waals surface area contributed by atoms with Gasteiger partial charge in [-0.2, -0.15) is 0 Å². The van der Waals surface area contributed by atoms with Gasteiger partial charge in [-0.25, -0.2) is 4.39 Å². The molecule has 2 rings (SSSR count). The molecule has 0 atom stereocenters. The molecule has 0 aliphatic carbocycles. The number of fused-ring (bicyclic) bond motifs is 1. The Hall–Kier alpha value is -1.92. The lowest BCUT2D eigenvalue weighted by Crippen LogP contribution is -2.24. The van der Waals surface area contributed by atoms with Crippen LogP contribution in [0.4, 0.5) is 10.1 Å². The number of benzene rings is 1. The van der Waals surface area contributed by atoms with Gasteiger partial charge in [-0.15, -0.1) is 0 Å². The lowest BCUT2D eigenvalue weighted by atomic mass is 10.1. The van der Waals surface area contributed by atoms with Crippen molar-refractivity contribution in [2.75, 3.05) is 18.0 Å². The predicted octanol–water partition coefficient (Wildman–Crippen LogP) is 1.99. The van der Waals surface area contributed by atoms with Crippen molar-refractivity contribution >= 4 is 16.6 Å². The van der Waals surface area contributed by atoms with Crippen molar-refractivity contribution in [2.45, 2.75) is 33.6 Å². The average molecular weight is 308 g/mol. The summed E-state index contributed by atoms with van der Waals surface area (Å²) in [6, 6.07) is 2.83. The summed E-state index contributed by atoms with van der Waals surface area (Å²) in [5.74, 6) is -0.486. The van der Waals surface area contributed by atoms with Gasteiger partial charge in [-0.05, 0) is 32.9 Å². The second-order valence-corrected chi connectivity index (χ2v) is 5.07. The molecule has 120 valence electrons. The number of aromatic nitrogens is 1. The Bertz CT molecular complexity index is 736. The summed E-state index contributed by atoms with van der Waals surface area (Å²) in [6.45, 7) is 7.58. The maximum atomic E-state index is 14.4. The second kappa shape index (κ2) is 6.46. The summed E-state index contributed by atoms with van der Waals surface area (Å²) in [4.78, 5) is 14.2. The third kappa shape index (κ3) is 2.71. The first-order valence-electron chi connectivity index (χ1n) is 7.42. The van der Waals surface area contributed by atoms with Gasteiger partial charge in [0, 0.05) is 31.2 Å². The van der Waals surface area contributed by atoms with Gasteiger partial charge in [0.1, 0.15) is 5.82 Å². The van der Waals surface area contributed by atoms with Crippen LogP contribution in [-0.2, 0) is 6.54 Å². The molecule has 1 heterocycles. The molecule has 0 amide bonds. The molecule has 0 saturated carbocycles. The highest BCUT2D eigenvalue weighted by Gasteiger charge is 2.17. The molecule has 0 saturated heterocycles. The lowest BCUT2D eigenvalue weighted by Gasteiger charge is -2.23. The zero-order valence-electron chi connectivity index (χ0n) is 13.0. The zero-order valence-corrected chi connectivity index (χ0v) is 13.0. The molecule has 0 unspecified atom stereocenters. The standard InChI is InChI=1S/C16H21FN2O3/c1-4-18(5-2)14-8-13-10(7-12(14)17)15(20)11(16(21)22)9-19(13)6-3/h7-9,16,21-22H,4-6H2,1-3H3. The van der Waals surface area contributed by atoms with Gasteiger partial charge >= 0.3 is 0 Å². The molecular weight excluding hydrogens is 287 g/mol. The van der Waals surface area contributed by atoms with E-state index in [1.165, 1.54) is 12.3 Å². The highest BCUT2D eigenvalue weighted by Crippen LogP contribution is 2.25. The average Bonchev–Trinajstić information content (AvgIpc) is 2.49. The number of rotatable bonds is 5. The molecular formula is C16H21FN2O3. The van der Waals surface area contributed by atoms with Crippen molar-refractivity contribution in [1.29, 1.82) is 0 Å². The van der Waals surface area contributed by atoms with Gasteiger partial charge in [-0.3, -0.25) is 4.79 Å². The third-order valence-electron chi connectivity index (χ3n) is 3.90. The number of hydrogen-bond acceptors (Lipinski definition) is 4. The number of anilines is 1. The molecule has 0 aliphatic rings. The molecule has 5 nitrogen and oxygen atoms in total. The van der Waals surface area contributed by atoms with Crippen LogP contribution < -0.4 is 10.3 Å². The Morgan fingerprint density at radius 2 is 1.86 bits per heavy atom. The van der Waals surface area contributed by atoms with Crippen LogP contribution in [0.15, 0.2) is 23.1 Å². The lowest BCUT2D eigenvalue weighted by molar-refractivity contribution is -0.0435. The van der Waals surface area contributed by atoms with Gasteiger partial charge in [-0.1, -0.05) is 0 Å². The summed E-state index contributed by atoms with van der Waals surface area (Å²) < 4.78 is 16.1. The van der Waals surface area contributed by atoms with E-state index in [2.05, 4.69) is 0 Å². The van der Waals surface area contributed by atoms with Crippen molar-refractivity contribution in [3.8, 4) is 0 Å². The van der Waals surface area contributed by atoms with Crippen LogP contribution in [0.2, 0.25) is 0 Å². The van der Waals surface area contributed by atoms with Crippen LogP contribution in [-0.4, -0.2) is 27.9 Å². The molecule has 0 spiro atoms. The Morgan fingerprint density at radius 3 is 2.36 bits per heavy atom. The molecule has 2 aromatic rings. The zero-order chi connectivity index (χ0) is 16.4. The van der Waals surface area contributed by atoms with Crippen molar-refractivity contribution in [1.82, 2.24) is 4.57 Å². The van der Waals surface area contributed by atoms with E-state index in [0.717, 1.165) is 0 Å². The SMILES string of the molecule is CCN(CC)c1cc2c(cc1F)c(=O)c(C(O)O)cn2CC. The number of pyridine rings is 1. The normalized spacial score (nSPS) is 11.4. The minimum atomic E-state index is -1.87. The fourth-order valence-corrected chi connectivity index (χ4v) is 2.67. The summed E-state index contributed by atoms with van der Waals surface area (Å²) in [6.07, 6.45) is -0.459. The first-order valence-corrected chi connectivity index (χ1v) is 7.42. The number of nitrogens with zero attached hydrogens (tertiary/aromatic N) is 2. The smallest absolute Gasteiger partial charge is 0.197 e. The number of aliphatic hydroxyl groups is 2. The third-order valence-corrected chi connectivity index (χ3v) is 3.90. The molecule has 6 heteroatoms. The van der Waals surface area contributed by atoms with E-state index in [0.29, 0.717) is 30.8 Å². The fourth-order valence-electron chi connectivity index (χ4n) is 2.67. The summed E-state index contributed by atoms with van der Waals surface area (Å²) in [5, 5.41) is 18.8. The van der Waals surface area contributed by atoms with Crippen LogP contribution in [0, 0.1) is 5.82 Å². The Balaban J connectivity index is 2.82. The Labute approximate surface area is 128 Å². The van der Waals surface area contributed by atoms with Gasteiger partial charge in [0.15, 0.2) is 11.7 Å². The summed E-state index contributed by atoms with van der Waals surface area (Å²) >= 11 is 0. The van der Waals surface area contributed by atoms with Crippen molar-refractivity contribution in [3.05, 3.63) is 39.9 Å². The van der Waals surface area contributed by atoms with E-state index in [9.17, 15) is 19.4 Å². The molecule has 22 heavy (non-hydrogen) atoms. The molecule has 0 bridgehead atoms. The topological polar surface area (TPSA) is 65.7 Å². The van der Waals surface area contributed by atoms with Gasteiger partial charge in [0.2, 0.25) is 0 Å². The summed E-state index contributed by atoms with van der Waals surface area (Å²) in [5.41, 5.74) is 0.320. The second-order valence-electron chi connectivity index (χ2n) is 5.07. The number of halogens is 1. The maximum Gasteiger partial charge on any atom is 0.197 e. The van der Waals surface area contributed by atoms with E-state index in [-0.39, 0.29) is 10.9 Å². The number of hydrogen-bond donors (Lipinski definition) is 2. The molecule has 0 fully saturated rings. The highest BCUT2D eigenvalue weighted by atomic mass is 19.1. The molecule has 1 aromatic heterocycles. The van der Waals surface area contributed by atoms with Crippen molar-refractivity contribution in [2.24, 2.45) is 0 Å². The highest BCUT2D eigenvalue weighted by molar-refractivity contribution is 5.83. The van der Waals surface area contributed by atoms with E-state index < -0.39 is 17.5 Å². The predicted molar refractivity (Wildman–Crippen MR) is 84.6 cm³/mol. The van der Waals surface area contributed by atoms with E-state index in [1.54, 1.807) is 10.6 Å². The van der Waals surface area contributed by atoms with Gasteiger partial charge in [0.25, 0.3) is 0 Å². The molecule has 0 radical (unpaired) electrons. The van der Waals surface area contributed by atoms with E-state index in [4.69, 9.17) is 0 Å². The Kier molecular flexibility index (Phi) is 4.83. The quantitative estimate of drug-likeness (QED) is 0.829. The minimum absolute atomic E-state index is 0.149. The number of aliphatic hydroxyl groups excluding tert-OH is 1. The van der Waals surface area contributed by atoms with Crippen LogP contribution in [0.5, 0.6) is 0 Å². The summed E-state index contributed by atoms with van der Waals surface area (Å²) in [7, 11) is 0. The Morgan fingerprint density at radius 1 is 1.23 bits per heavy atom. The first-order chi connectivity index (χ1) is 10.4. The van der Waals surface area contributed by atoms with Crippen LogP contribution in [0.25, 0.3) is 10.9 Å². The maximum absolute atomic E-state index is 14.4. The van der Waals surface area contributed by atoms with E-state index >= 15 is 0 Å². The van der Waals surface area contributed by atoms with Gasteiger partial charge < -0.3 is 19.7 Å². The minimum Gasteiger partial charge on any atom is -0.370 e. The van der Waals surface area contributed by atoms with E-state index in [1.807, 2.05) is 25.7 Å². The largest absolute Gasteiger partial charge is 0.370 e. The molecule has 0 aliphatic heterocycles. The van der Waals surface area contributed by atoms with Crippen LogP contribution in [0.1, 0.15) is 32.6 Å².